The summed E-state index contributed by atoms with van der Waals surface area (Å²) in [6.45, 7) is 2.47. The van der Waals surface area contributed by atoms with E-state index in [0.717, 1.165) is 36.8 Å². The van der Waals surface area contributed by atoms with Gasteiger partial charge in [-0.15, -0.1) is 0 Å². The molecule has 0 saturated carbocycles. The minimum Gasteiger partial charge on any atom is -0.347 e. The zero-order valence-corrected chi connectivity index (χ0v) is 16.3. The molecule has 8 nitrogen and oxygen atoms in total. The molecule has 1 N–H and O–H groups in total. The van der Waals surface area contributed by atoms with Gasteiger partial charge in [-0.1, -0.05) is 18.2 Å². The first-order chi connectivity index (χ1) is 13.6. The number of hydrogen-bond acceptors (Lipinski definition) is 6. The van der Waals surface area contributed by atoms with E-state index in [1.807, 2.05) is 60.1 Å². The van der Waals surface area contributed by atoms with Crippen LogP contribution in [0.25, 0.3) is 10.9 Å². The molecule has 2 aromatic heterocycles. The molecule has 0 unspecified atom stereocenters. The van der Waals surface area contributed by atoms with Gasteiger partial charge in [0.1, 0.15) is 6.54 Å². The quantitative estimate of drug-likeness (QED) is 0.704. The number of benzene rings is 1. The predicted octanol–water partition coefficient (Wildman–Crippen LogP) is 1.81. The van der Waals surface area contributed by atoms with E-state index in [1.54, 1.807) is 0 Å². The van der Waals surface area contributed by atoms with E-state index in [-0.39, 0.29) is 19.0 Å². The SMILES string of the molecule is CN(C)c1nc(CNC(=O)Cn2ccc3ccccc32)nc(N2CCCC2)n1. The minimum absolute atomic E-state index is 0.0732. The van der Waals surface area contributed by atoms with Crippen molar-refractivity contribution < 1.29 is 4.79 Å². The molecule has 0 bridgehead atoms. The van der Waals surface area contributed by atoms with Crippen LogP contribution in [0.1, 0.15) is 18.7 Å². The van der Waals surface area contributed by atoms with E-state index >= 15 is 0 Å². The van der Waals surface area contributed by atoms with Crippen molar-refractivity contribution in [2.75, 3.05) is 37.0 Å². The smallest absolute Gasteiger partial charge is 0.240 e. The molecule has 3 heterocycles. The number of anilines is 2. The Labute approximate surface area is 164 Å². The highest BCUT2D eigenvalue weighted by atomic mass is 16.1. The largest absolute Gasteiger partial charge is 0.347 e. The van der Waals surface area contributed by atoms with Crippen LogP contribution in [0.4, 0.5) is 11.9 Å². The molecule has 1 fully saturated rings. The first kappa shape index (κ1) is 18.2. The van der Waals surface area contributed by atoms with Gasteiger partial charge in [0.2, 0.25) is 17.8 Å². The van der Waals surface area contributed by atoms with E-state index in [2.05, 4.69) is 25.2 Å². The molecule has 1 saturated heterocycles. The summed E-state index contributed by atoms with van der Waals surface area (Å²) < 4.78 is 1.94. The minimum atomic E-state index is -0.0732. The number of amides is 1. The van der Waals surface area contributed by atoms with Gasteiger partial charge in [0, 0.05) is 38.9 Å². The van der Waals surface area contributed by atoms with Gasteiger partial charge >= 0.3 is 0 Å². The van der Waals surface area contributed by atoms with Crippen LogP contribution in [0, 0.1) is 0 Å². The van der Waals surface area contributed by atoms with Crippen LogP contribution in [0.3, 0.4) is 0 Å². The summed E-state index contributed by atoms with van der Waals surface area (Å²) in [5, 5.41) is 4.06. The summed E-state index contributed by atoms with van der Waals surface area (Å²) in [6.07, 6.45) is 4.24. The monoisotopic (exact) mass is 379 g/mol. The Bertz CT molecular complexity index is 976. The van der Waals surface area contributed by atoms with Crippen molar-refractivity contribution >= 4 is 28.7 Å². The number of carbonyl (C=O) groups is 1. The maximum absolute atomic E-state index is 12.5. The summed E-state index contributed by atoms with van der Waals surface area (Å²) >= 11 is 0. The number of carbonyl (C=O) groups excluding carboxylic acids is 1. The van der Waals surface area contributed by atoms with Crippen molar-refractivity contribution in [1.82, 2.24) is 24.8 Å². The van der Waals surface area contributed by atoms with Gasteiger partial charge in [0.05, 0.1) is 6.54 Å². The number of fused-ring (bicyclic) bond motifs is 1. The lowest BCUT2D eigenvalue weighted by Gasteiger charge is -2.19. The fourth-order valence-electron chi connectivity index (χ4n) is 3.40. The second-order valence-corrected chi connectivity index (χ2v) is 7.22. The van der Waals surface area contributed by atoms with Crippen LogP contribution in [0.5, 0.6) is 0 Å². The Morgan fingerprint density at radius 3 is 2.68 bits per heavy atom. The van der Waals surface area contributed by atoms with E-state index in [4.69, 9.17) is 0 Å². The molecular weight excluding hydrogens is 354 g/mol. The molecule has 0 spiro atoms. The van der Waals surface area contributed by atoms with Gasteiger partial charge < -0.3 is 19.7 Å². The molecule has 1 amide bonds. The molecule has 1 aliphatic rings. The highest BCUT2D eigenvalue weighted by Gasteiger charge is 2.18. The zero-order valence-electron chi connectivity index (χ0n) is 16.3. The highest BCUT2D eigenvalue weighted by Crippen LogP contribution is 2.18. The molecule has 4 rings (SSSR count). The van der Waals surface area contributed by atoms with Crippen molar-refractivity contribution in [3.8, 4) is 0 Å². The predicted molar refractivity (Wildman–Crippen MR) is 109 cm³/mol. The number of aromatic nitrogens is 4. The lowest BCUT2D eigenvalue weighted by molar-refractivity contribution is -0.121. The topological polar surface area (TPSA) is 79.2 Å². The van der Waals surface area contributed by atoms with Crippen molar-refractivity contribution in [2.24, 2.45) is 0 Å². The lowest BCUT2D eigenvalue weighted by Crippen LogP contribution is -2.29. The zero-order chi connectivity index (χ0) is 19.5. The third kappa shape index (κ3) is 3.90. The van der Waals surface area contributed by atoms with Crippen LogP contribution in [0.2, 0.25) is 0 Å². The summed E-state index contributed by atoms with van der Waals surface area (Å²) in [5.74, 6) is 1.80. The van der Waals surface area contributed by atoms with Gasteiger partial charge in [-0.05, 0) is 30.4 Å². The Balaban J connectivity index is 1.45. The van der Waals surface area contributed by atoms with Gasteiger partial charge in [-0.25, -0.2) is 0 Å². The maximum Gasteiger partial charge on any atom is 0.240 e. The molecule has 0 atom stereocenters. The van der Waals surface area contributed by atoms with E-state index in [1.165, 1.54) is 0 Å². The first-order valence-electron chi connectivity index (χ1n) is 9.58. The van der Waals surface area contributed by atoms with Crippen LogP contribution in [-0.2, 0) is 17.9 Å². The average Bonchev–Trinajstić information content (AvgIpc) is 3.37. The Morgan fingerprint density at radius 1 is 1.11 bits per heavy atom. The normalized spacial score (nSPS) is 13.9. The first-order valence-corrected chi connectivity index (χ1v) is 9.58. The van der Waals surface area contributed by atoms with Gasteiger partial charge in [0.25, 0.3) is 0 Å². The fourth-order valence-corrected chi connectivity index (χ4v) is 3.40. The van der Waals surface area contributed by atoms with Crippen LogP contribution >= 0.6 is 0 Å². The van der Waals surface area contributed by atoms with E-state index < -0.39 is 0 Å². The molecule has 0 radical (unpaired) electrons. The van der Waals surface area contributed by atoms with Crippen LogP contribution in [0.15, 0.2) is 36.5 Å². The number of nitrogens with one attached hydrogen (secondary N) is 1. The number of para-hydroxylation sites is 1. The standard InChI is InChI=1S/C20H25N7O/c1-25(2)19-22-17(23-20(24-19)26-10-5-6-11-26)13-21-18(28)14-27-12-9-15-7-3-4-8-16(15)27/h3-4,7-9,12H,5-6,10-11,13-14H2,1-2H3,(H,21,28). The highest BCUT2D eigenvalue weighted by molar-refractivity contribution is 5.83. The summed E-state index contributed by atoms with van der Waals surface area (Å²) in [4.78, 5) is 30.1. The molecule has 28 heavy (non-hydrogen) atoms. The summed E-state index contributed by atoms with van der Waals surface area (Å²) in [6, 6.07) is 10.0. The molecule has 1 aliphatic heterocycles. The maximum atomic E-state index is 12.5. The van der Waals surface area contributed by atoms with Crippen molar-refractivity contribution in [3.05, 3.63) is 42.4 Å². The Kier molecular flexibility index (Phi) is 5.10. The second-order valence-electron chi connectivity index (χ2n) is 7.22. The molecule has 3 aromatic rings. The van der Waals surface area contributed by atoms with Crippen LogP contribution in [-0.4, -0.2) is 52.6 Å². The number of nitrogens with zero attached hydrogens (tertiary/aromatic N) is 6. The lowest BCUT2D eigenvalue weighted by atomic mass is 10.2. The van der Waals surface area contributed by atoms with Crippen molar-refractivity contribution in [1.29, 1.82) is 0 Å². The number of rotatable bonds is 6. The molecular formula is C20H25N7O. The molecule has 8 heteroatoms. The Hall–Kier alpha value is -3.16. The molecule has 1 aromatic carbocycles. The van der Waals surface area contributed by atoms with Gasteiger partial charge in [0.15, 0.2) is 5.82 Å². The molecule has 146 valence electrons. The number of hydrogen-bond donors (Lipinski definition) is 1. The van der Waals surface area contributed by atoms with E-state index in [9.17, 15) is 4.79 Å². The summed E-state index contributed by atoms with van der Waals surface area (Å²) in [5.41, 5.74) is 1.05. The third-order valence-electron chi connectivity index (χ3n) is 4.88. The van der Waals surface area contributed by atoms with Crippen LogP contribution < -0.4 is 15.1 Å². The van der Waals surface area contributed by atoms with Crippen molar-refractivity contribution in [2.45, 2.75) is 25.9 Å². The fraction of sp³-hybridized carbons (Fsp3) is 0.400. The summed E-state index contributed by atoms with van der Waals surface area (Å²) in [7, 11) is 3.81. The van der Waals surface area contributed by atoms with E-state index in [0.29, 0.717) is 17.7 Å². The molecule has 0 aliphatic carbocycles. The second kappa shape index (κ2) is 7.84. The Morgan fingerprint density at radius 2 is 1.89 bits per heavy atom. The van der Waals surface area contributed by atoms with Gasteiger partial charge in [-0.3, -0.25) is 4.79 Å². The van der Waals surface area contributed by atoms with Gasteiger partial charge in [-0.2, -0.15) is 15.0 Å². The third-order valence-corrected chi connectivity index (χ3v) is 4.88. The van der Waals surface area contributed by atoms with Crippen molar-refractivity contribution in [3.63, 3.8) is 0 Å². The average molecular weight is 379 g/mol.